The van der Waals surface area contributed by atoms with Gasteiger partial charge in [0, 0.05) is 10.9 Å². The van der Waals surface area contributed by atoms with E-state index in [1.807, 2.05) is 0 Å². The Morgan fingerprint density at radius 3 is 2.38 bits per heavy atom. The Hall–Kier alpha value is -0.340. The van der Waals surface area contributed by atoms with Crippen LogP contribution in [0.4, 0.5) is 0 Å². The summed E-state index contributed by atoms with van der Waals surface area (Å²) in [6, 6.07) is 2.40. The summed E-state index contributed by atoms with van der Waals surface area (Å²) in [6.07, 6.45) is 2.35. The van der Waals surface area contributed by atoms with Crippen molar-refractivity contribution >= 4 is 11.3 Å². The number of aryl methyl sites for hydroxylation is 1. The van der Waals surface area contributed by atoms with Crippen LogP contribution in [-0.4, -0.2) is 0 Å². The minimum atomic E-state index is 0.245. The second-order valence-corrected chi connectivity index (χ2v) is 4.52. The molecule has 1 unspecified atom stereocenters. The molecule has 0 spiro atoms. The van der Waals surface area contributed by atoms with E-state index in [0.29, 0.717) is 5.92 Å². The molecule has 13 heavy (non-hydrogen) atoms. The van der Waals surface area contributed by atoms with Gasteiger partial charge in [0.2, 0.25) is 0 Å². The summed E-state index contributed by atoms with van der Waals surface area (Å²) in [7, 11) is 0. The molecule has 1 aromatic rings. The molecule has 0 saturated carbocycles. The summed E-state index contributed by atoms with van der Waals surface area (Å²) in [5.74, 6) is 0.636. The number of thiophene rings is 1. The van der Waals surface area contributed by atoms with E-state index in [1.54, 1.807) is 11.3 Å². The fraction of sp³-hybridized carbons (Fsp3) is 0.636. The normalized spacial score (nSPS) is 13.6. The molecule has 2 N–H and O–H groups in total. The Morgan fingerprint density at radius 1 is 1.38 bits per heavy atom. The third-order valence-electron chi connectivity index (χ3n) is 2.76. The van der Waals surface area contributed by atoms with Gasteiger partial charge in [-0.05, 0) is 29.9 Å². The molecule has 0 aliphatic carbocycles. The van der Waals surface area contributed by atoms with Crippen molar-refractivity contribution in [3.05, 3.63) is 21.9 Å². The lowest BCUT2D eigenvalue weighted by molar-refractivity contribution is 0.409. The number of rotatable bonds is 4. The second kappa shape index (κ2) is 4.77. The van der Waals surface area contributed by atoms with Gasteiger partial charge in [-0.15, -0.1) is 11.3 Å². The van der Waals surface area contributed by atoms with Crippen LogP contribution in [0.25, 0.3) is 0 Å². The third-order valence-corrected chi connectivity index (χ3v) is 3.88. The molecule has 0 aliphatic rings. The minimum Gasteiger partial charge on any atom is -0.323 e. The van der Waals surface area contributed by atoms with E-state index < -0.39 is 0 Å². The van der Waals surface area contributed by atoms with Crippen molar-refractivity contribution in [2.75, 3.05) is 0 Å². The van der Waals surface area contributed by atoms with Gasteiger partial charge in [-0.2, -0.15) is 0 Å². The van der Waals surface area contributed by atoms with E-state index in [9.17, 15) is 0 Å². The van der Waals surface area contributed by atoms with Crippen molar-refractivity contribution in [3.8, 4) is 0 Å². The highest BCUT2D eigenvalue weighted by Crippen LogP contribution is 2.30. The van der Waals surface area contributed by atoms with Crippen molar-refractivity contribution in [2.24, 2.45) is 11.7 Å². The standard InChI is InChI=1S/C11H19NS/c1-4-9(5-2)10(12)11-8(3)6-7-13-11/h6-7,9-10H,4-5,12H2,1-3H3. The summed E-state index contributed by atoms with van der Waals surface area (Å²) < 4.78 is 0. The van der Waals surface area contributed by atoms with E-state index in [4.69, 9.17) is 5.73 Å². The van der Waals surface area contributed by atoms with Gasteiger partial charge in [0.05, 0.1) is 0 Å². The van der Waals surface area contributed by atoms with Gasteiger partial charge in [0.25, 0.3) is 0 Å². The molecule has 1 atom stereocenters. The molecular formula is C11H19NS. The molecule has 0 radical (unpaired) electrons. The van der Waals surface area contributed by atoms with E-state index >= 15 is 0 Å². The zero-order valence-corrected chi connectivity index (χ0v) is 9.53. The molecule has 74 valence electrons. The first-order chi connectivity index (χ1) is 6.20. The molecule has 1 rings (SSSR count). The SMILES string of the molecule is CCC(CC)C(N)c1sccc1C. The number of hydrogen-bond acceptors (Lipinski definition) is 2. The number of nitrogens with two attached hydrogens (primary N) is 1. The van der Waals surface area contributed by atoms with Crippen molar-refractivity contribution < 1.29 is 0 Å². The van der Waals surface area contributed by atoms with Crippen LogP contribution in [0.3, 0.4) is 0 Å². The van der Waals surface area contributed by atoms with Crippen LogP contribution in [0.1, 0.15) is 43.2 Å². The summed E-state index contributed by atoms with van der Waals surface area (Å²) >= 11 is 1.79. The van der Waals surface area contributed by atoms with Crippen molar-refractivity contribution in [1.29, 1.82) is 0 Å². The predicted molar refractivity (Wildman–Crippen MR) is 60.1 cm³/mol. The fourth-order valence-corrected chi connectivity index (χ4v) is 2.76. The molecule has 0 bridgehead atoms. The largest absolute Gasteiger partial charge is 0.323 e. The fourth-order valence-electron chi connectivity index (χ4n) is 1.74. The van der Waals surface area contributed by atoms with Crippen LogP contribution >= 0.6 is 11.3 Å². The Morgan fingerprint density at radius 2 is 2.00 bits per heavy atom. The second-order valence-electron chi connectivity index (χ2n) is 3.57. The third kappa shape index (κ3) is 2.32. The van der Waals surface area contributed by atoms with Gasteiger partial charge in [0.15, 0.2) is 0 Å². The van der Waals surface area contributed by atoms with Crippen LogP contribution in [-0.2, 0) is 0 Å². The van der Waals surface area contributed by atoms with E-state index in [2.05, 4.69) is 32.2 Å². The molecule has 1 aromatic heterocycles. The average Bonchev–Trinajstić information content (AvgIpc) is 2.53. The van der Waals surface area contributed by atoms with Gasteiger partial charge in [0.1, 0.15) is 0 Å². The lowest BCUT2D eigenvalue weighted by atomic mass is 9.92. The van der Waals surface area contributed by atoms with Crippen LogP contribution in [0, 0.1) is 12.8 Å². The summed E-state index contributed by atoms with van der Waals surface area (Å²) in [5.41, 5.74) is 7.57. The molecule has 0 fully saturated rings. The number of hydrogen-bond donors (Lipinski definition) is 1. The zero-order valence-electron chi connectivity index (χ0n) is 8.71. The summed E-state index contributed by atoms with van der Waals surface area (Å²) in [5, 5.41) is 2.13. The zero-order chi connectivity index (χ0) is 9.84. The highest BCUT2D eigenvalue weighted by molar-refractivity contribution is 7.10. The molecule has 2 heteroatoms. The van der Waals surface area contributed by atoms with Gasteiger partial charge in [-0.1, -0.05) is 26.7 Å². The molecule has 1 nitrogen and oxygen atoms in total. The maximum Gasteiger partial charge on any atom is 0.0420 e. The van der Waals surface area contributed by atoms with Gasteiger partial charge in [-0.3, -0.25) is 0 Å². The minimum absolute atomic E-state index is 0.245. The van der Waals surface area contributed by atoms with Crippen LogP contribution in [0.15, 0.2) is 11.4 Å². The molecule has 0 amide bonds. The quantitative estimate of drug-likeness (QED) is 0.785. The Kier molecular flexibility index (Phi) is 3.94. The first kappa shape index (κ1) is 10.7. The van der Waals surface area contributed by atoms with Gasteiger partial charge < -0.3 is 5.73 Å². The Bertz CT molecular complexity index is 250. The lowest BCUT2D eigenvalue weighted by Gasteiger charge is -2.20. The van der Waals surface area contributed by atoms with Crippen LogP contribution in [0.5, 0.6) is 0 Å². The first-order valence-electron chi connectivity index (χ1n) is 5.00. The topological polar surface area (TPSA) is 26.0 Å². The summed E-state index contributed by atoms with van der Waals surface area (Å²) in [6.45, 7) is 6.59. The van der Waals surface area contributed by atoms with E-state index in [1.165, 1.54) is 23.3 Å². The van der Waals surface area contributed by atoms with E-state index in [0.717, 1.165) is 0 Å². The highest BCUT2D eigenvalue weighted by Gasteiger charge is 2.18. The van der Waals surface area contributed by atoms with Crippen LogP contribution in [0.2, 0.25) is 0 Å². The molecule has 1 heterocycles. The van der Waals surface area contributed by atoms with Crippen molar-refractivity contribution in [2.45, 2.75) is 39.7 Å². The molecule has 0 saturated heterocycles. The molecule has 0 aromatic carbocycles. The lowest BCUT2D eigenvalue weighted by Crippen LogP contribution is -2.19. The predicted octanol–water partition coefficient (Wildman–Crippen LogP) is 3.49. The highest BCUT2D eigenvalue weighted by atomic mass is 32.1. The van der Waals surface area contributed by atoms with Crippen molar-refractivity contribution in [3.63, 3.8) is 0 Å². The van der Waals surface area contributed by atoms with E-state index in [-0.39, 0.29) is 6.04 Å². The first-order valence-corrected chi connectivity index (χ1v) is 5.88. The molecular weight excluding hydrogens is 178 g/mol. The van der Waals surface area contributed by atoms with Crippen LogP contribution < -0.4 is 5.73 Å². The maximum atomic E-state index is 6.22. The molecule has 0 aliphatic heterocycles. The van der Waals surface area contributed by atoms with Crippen molar-refractivity contribution in [1.82, 2.24) is 0 Å². The monoisotopic (exact) mass is 197 g/mol. The average molecular weight is 197 g/mol. The smallest absolute Gasteiger partial charge is 0.0420 e. The van der Waals surface area contributed by atoms with Gasteiger partial charge in [-0.25, -0.2) is 0 Å². The Labute approximate surface area is 85.0 Å². The summed E-state index contributed by atoms with van der Waals surface area (Å²) in [4.78, 5) is 1.37. The van der Waals surface area contributed by atoms with Gasteiger partial charge >= 0.3 is 0 Å². The maximum absolute atomic E-state index is 6.22. The Balaban J connectivity index is 2.77.